The first-order chi connectivity index (χ1) is 13.6. The highest BCUT2D eigenvalue weighted by atomic mass is 35.5. The van der Waals surface area contributed by atoms with Crippen molar-refractivity contribution in [2.24, 2.45) is 0 Å². The molecule has 140 valence electrons. The minimum Gasteiger partial charge on any atom is -0.270 e. The van der Waals surface area contributed by atoms with Crippen molar-refractivity contribution in [3.63, 3.8) is 0 Å². The number of hydrogen-bond donors (Lipinski definition) is 0. The Morgan fingerprint density at radius 1 is 0.857 bits per heavy atom. The van der Waals surface area contributed by atoms with Crippen molar-refractivity contribution >= 4 is 35.0 Å². The maximum absolute atomic E-state index is 6.29. The second-order valence-corrected chi connectivity index (χ2v) is 8.14. The Bertz CT molecular complexity index is 1110. The quantitative estimate of drug-likeness (QED) is 0.327. The lowest BCUT2D eigenvalue weighted by Gasteiger charge is -2.12. The highest BCUT2D eigenvalue weighted by Gasteiger charge is 2.17. The third-order valence-electron chi connectivity index (χ3n) is 4.28. The first-order valence-corrected chi connectivity index (χ1v) is 10.5. The molecule has 0 unspecified atom stereocenters. The van der Waals surface area contributed by atoms with Gasteiger partial charge in [-0.3, -0.25) is 4.57 Å². The third-order valence-corrected chi connectivity index (χ3v) is 6.02. The first kappa shape index (κ1) is 19.1. The Hall–Kier alpha value is -2.27. The second kappa shape index (κ2) is 8.39. The molecule has 3 aromatic carbocycles. The van der Waals surface area contributed by atoms with Gasteiger partial charge in [-0.05, 0) is 36.8 Å². The van der Waals surface area contributed by atoms with Gasteiger partial charge < -0.3 is 0 Å². The fourth-order valence-electron chi connectivity index (χ4n) is 2.91. The summed E-state index contributed by atoms with van der Waals surface area (Å²) in [7, 11) is 0. The van der Waals surface area contributed by atoms with Crippen LogP contribution in [-0.4, -0.2) is 14.8 Å². The molecule has 28 heavy (non-hydrogen) atoms. The molecule has 4 aromatic rings. The SMILES string of the molecule is Cc1cccc(-c2nnc(SCc3ccccc3)n2-c2ccc(Cl)c(Cl)c2)c1. The normalized spacial score (nSPS) is 11.0. The number of thioether (sulfide) groups is 1. The minimum atomic E-state index is 0.502. The summed E-state index contributed by atoms with van der Waals surface area (Å²) in [6.07, 6.45) is 0. The van der Waals surface area contributed by atoms with Crippen LogP contribution in [-0.2, 0) is 5.75 Å². The van der Waals surface area contributed by atoms with Crippen molar-refractivity contribution in [1.29, 1.82) is 0 Å². The third kappa shape index (κ3) is 4.09. The lowest BCUT2D eigenvalue weighted by molar-refractivity contribution is 0.886. The maximum atomic E-state index is 6.29. The van der Waals surface area contributed by atoms with Crippen molar-refractivity contribution in [2.45, 2.75) is 17.8 Å². The summed E-state index contributed by atoms with van der Waals surface area (Å²) >= 11 is 14.0. The van der Waals surface area contributed by atoms with Gasteiger partial charge in [-0.15, -0.1) is 10.2 Å². The van der Waals surface area contributed by atoms with Gasteiger partial charge in [0, 0.05) is 11.3 Å². The van der Waals surface area contributed by atoms with Gasteiger partial charge in [-0.1, -0.05) is 89.1 Å². The summed E-state index contributed by atoms with van der Waals surface area (Å²) in [6.45, 7) is 2.06. The van der Waals surface area contributed by atoms with Crippen LogP contribution >= 0.6 is 35.0 Å². The van der Waals surface area contributed by atoms with E-state index in [9.17, 15) is 0 Å². The lowest BCUT2D eigenvalue weighted by Crippen LogP contribution is -2.00. The Balaban J connectivity index is 1.78. The Morgan fingerprint density at radius 2 is 1.68 bits per heavy atom. The molecule has 0 N–H and O–H groups in total. The summed E-state index contributed by atoms with van der Waals surface area (Å²) in [5.74, 6) is 1.58. The van der Waals surface area contributed by atoms with Crippen molar-refractivity contribution < 1.29 is 0 Å². The van der Waals surface area contributed by atoms with Gasteiger partial charge in [-0.2, -0.15) is 0 Å². The van der Waals surface area contributed by atoms with E-state index in [1.807, 2.05) is 47.0 Å². The summed E-state index contributed by atoms with van der Waals surface area (Å²) in [5, 5.41) is 10.8. The fourth-order valence-corrected chi connectivity index (χ4v) is 4.11. The van der Waals surface area contributed by atoms with Crippen molar-refractivity contribution in [2.75, 3.05) is 0 Å². The number of aromatic nitrogens is 3. The molecule has 0 aliphatic carbocycles. The zero-order chi connectivity index (χ0) is 19.5. The van der Waals surface area contributed by atoms with Crippen molar-refractivity contribution in [3.05, 3.63) is 94.0 Å². The molecule has 0 aliphatic rings. The Morgan fingerprint density at radius 3 is 2.43 bits per heavy atom. The van der Waals surface area contributed by atoms with E-state index in [1.54, 1.807) is 17.8 Å². The molecule has 1 heterocycles. The molecule has 0 amide bonds. The average molecular weight is 426 g/mol. The molecule has 0 atom stereocenters. The highest BCUT2D eigenvalue weighted by molar-refractivity contribution is 7.98. The molecule has 4 rings (SSSR count). The van der Waals surface area contributed by atoms with Gasteiger partial charge in [0.25, 0.3) is 0 Å². The van der Waals surface area contributed by atoms with Gasteiger partial charge in [0.2, 0.25) is 0 Å². The van der Waals surface area contributed by atoms with Gasteiger partial charge in [0.1, 0.15) is 0 Å². The van der Waals surface area contributed by atoms with E-state index in [-0.39, 0.29) is 0 Å². The van der Waals surface area contributed by atoms with E-state index in [0.717, 1.165) is 28.0 Å². The van der Waals surface area contributed by atoms with E-state index in [4.69, 9.17) is 23.2 Å². The second-order valence-electron chi connectivity index (χ2n) is 6.38. The molecule has 0 aliphatic heterocycles. The average Bonchev–Trinajstić information content (AvgIpc) is 3.13. The van der Waals surface area contributed by atoms with Crippen LogP contribution in [0.4, 0.5) is 0 Å². The number of halogens is 2. The van der Waals surface area contributed by atoms with E-state index in [1.165, 1.54) is 11.1 Å². The van der Waals surface area contributed by atoms with E-state index in [2.05, 4.69) is 41.4 Å². The van der Waals surface area contributed by atoms with Crippen LogP contribution in [0.3, 0.4) is 0 Å². The molecule has 0 bridgehead atoms. The summed E-state index contributed by atoms with van der Waals surface area (Å²) in [6, 6.07) is 24.1. The minimum absolute atomic E-state index is 0.502. The molecular formula is C22H17Cl2N3S. The molecule has 1 aromatic heterocycles. The monoisotopic (exact) mass is 425 g/mol. The topological polar surface area (TPSA) is 30.7 Å². The van der Waals surface area contributed by atoms with Gasteiger partial charge >= 0.3 is 0 Å². The van der Waals surface area contributed by atoms with Crippen LogP contribution in [0.15, 0.2) is 78.0 Å². The molecule has 3 nitrogen and oxygen atoms in total. The van der Waals surface area contributed by atoms with Crippen molar-refractivity contribution in [3.8, 4) is 17.1 Å². The van der Waals surface area contributed by atoms with Crippen LogP contribution in [0.1, 0.15) is 11.1 Å². The van der Waals surface area contributed by atoms with Gasteiger partial charge in [0.05, 0.1) is 15.7 Å². The standard InChI is InChI=1S/C22H17Cl2N3S/c1-15-6-5-9-17(12-15)21-25-26-22(28-14-16-7-3-2-4-8-16)27(21)18-10-11-19(23)20(24)13-18/h2-13H,14H2,1H3. The smallest absolute Gasteiger partial charge is 0.196 e. The first-order valence-electron chi connectivity index (χ1n) is 8.76. The Kier molecular flexibility index (Phi) is 5.72. The van der Waals surface area contributed by atoms with Crippen LogP contribution in [0.2, 0.25) is 10.0 Å². The van der Waals surface area contributed by atoms with Gasteiger partial charge in [0.15, 0.2) is 11.0 Å². The predicted octanol–water partition coefficient (Wildman–Crippen LogP) is 6.84. The molecule has 0 radical (unpaired) electrons. The Labute approximate surface area is 178 Å². The number of rotatable bonds is 5. The van der Waals surface area contributed by atoms with Gasteiger partial charge in [-0.25, -0.2) is 0 Å². The lowest BCUT2D eigenvalue weighted by atomic mass is 10.1. The maximum Gasteiger partial charge on any atom is 0.196 e. The molecule has 6 heteroatoms. The molecule has 0 spiro atoms. The number of benzene rings is 3. The van der Waals surface area contributed by atoms with Crippen LogP contribution in [0.5, 0.6) is 0 Å². The van der Waals surface area contributed by atoms with E-state index in [0.29, 0.717) is 10.0 Å². The molecular weight excluding hydrogens is 409 g/mol. The van der Waals surface area contributed by atoms with E-state index >= 15 is 0 Å². The van der Waals surface area contributed by atoms with Crippen molar-refractivity contribution in [1.82, 2.24) is 14.8 Å². The number of nitrogens with zero attached hydrogens (tertiary/aromatic N) is 3. The number of aryl methyl sites for hydroxylation is 1. The largest absolute Gasteiger partial charge is 0.270 e. The zero-order valence-corrected chi connectivity index (χ0v) is 17.5. The molecule has 0 saturated heterocycles. The van der Waals surface area contributed by atoms with E-state index < -0.39 is 0 Å². The van der Waals surface area contributed by atoms with Crippen LogP contribution in [0, 0.1) is 6.92 Å². The van der Waals surface area contributed by atoms with Crippen LogP contribution < -0.4 is 0 Å². The summed E-state index contributed by atoms with van der Waals surface area (Å²) in [5.41, 5.74) is 4.28. The zero-order valence-electron chi connectivity index (χ0n) is 15.1. The van der Waals surface area contributed by atoms with Crippen LogP contribution in [0.25, 0.3) is 17.1 Å². The summed E-state index contributed by atoms with van der Waals surface area (Å²) < 4.78 is 2.03. The highest BCUT2D eigenvalue weighted by Crippen LogP contribution is 2.32. The predicted molar refractivity (Wildman–Crippen MR) is 118 cm³/mol. The fraction of sp³-hybridized carbons (Fsp3) is 0.0909. The summed E-state index contributed by atoms with van der Waals surface area (Å²) in [4.78, 5) is 0. The molecule has 0 saturated carbocycles. The molecule has 0 fully saturated rings. The number of hydrogen-bond acceptors (Lipinski definition) is 3.